The minimum atomic E-state index is -0.875. The van der Waals surface area contributed by atoms with E-state index in [9.17, 15) is 42.1 Å². The number of hydrogen-bond acceptors (Lipinski definition) is 8. The number of allylic oxidation sites excluding steroid dienone is 5. The fraction of sp³-hybridized carbons (Fsp3) is 0. The van der Waals surface area contributed by atoms with Crippen LogP contribution in [0.25, 0.3) is 36.2 Å². The summed E-state index contributed by atoms with van der Waals surface area (Å²) in [7, 11) is 0. The predicted octanol–water partition coefficient (Wildman–Crippen LogP) is 7.17. The molecule has 12 nitrogen and oxygen atoms in total. The smallest absolute Gasteiger partial charge is 0.198 e. The first kappa shape index (κ1) is 24.2. The van der Waals surface area contributed by atoms with Gasteiger partial charge in [0, 0.05) is 33.4 Å². The van der Waals surface area contributed by atoms with Crippen LogP contribution in [-0.4, -0.2) is 0 Å². The van der Waals surface area contributed by atoms with Crippen molar-refractivity contribution in [1.82, 2.24) is 0 Å². The van der Waals surface area contributed by atoms with Crippen LogP contribution in [0.2, 0.25) is 0 Å². The van der Waals surface area contributed by atoms with Gasteiger partial charge >= 0.3 is 0 Å². The van der Waals surface area contributed by atoms with Crippen molar-refractivity contribution < 1.29 is 8.22 Å². The molecule has 0 heterocycles. The van der Waals surface area contributed by atoms with Crippen LogP contribution in [0.4, 0.5) is 17.1 Å². The molecule has 3 aromatic rings. The van der Waals surface area contributed by atoms with Gasteiger partial charge in [0.05, 0.1) is 105 Å². The van der Waals surface area contributed by atoms with Crippen LogP contribution in [0.3, 0.4) is 0 Å². The van der Waals surface area contributed by atoms with Crippen molar-refractivity contribution in [3.05, 3.63) is 149 Å². The monoisotopic (exact) mass is 612 g/mol. The maximum atomic E-state index is 10.6. The Morgan fingerprint density at radius 2 is 0.917 bits per heavy atom. The maximum Gasteiger partial charge on any atom is 0.198 e. The zero-order valence-corrected chi connectivity index (χ0v) is 23.4. The predicted molar refractivity (Wildman–Crippen MR) is 165 cm³/mol. The Balaban J connectivity index is 2.54. The molecule has 3 aromatic carbocycles. The molecule has 1 aliphatic carbocycles. The van der Waals surface area contributed by atoms with Gasteiger partial charge in [-0.1, -0.05) is 0 Å². The summed E-state index contributed by atoms with van der Waals surface area (Å²) in [5, 5.41) is 80.8. The van der Waals surface area contributed by atoms with E-state index in [2.05, 4.69) is 19.4 Å². The molecule has 4 rings (SSSR count). The average molecular weight is 613 g/mol. The summed E-state index contributed by atoms with van der Waals surface area (Å²) in [4.78, 5) is 12.9. The quantitative estimate of drug-likeness (QED) is 0.218. The Kier molecular flexibility index (Phi) is 6.54. The van der Waals surface area contributed by atoms with Crippen molar-refractivity contribution in [2.45, 2.75) is 0 Å². The molecule has 0 spiro atoms. The van der Waals surface area contributed by atoms with Gasteiger partial charge in [-0.3, -0.25) is 0 Å². The Bertz CT molecular complexity index is 2570. The summed E-state index contributed by atoms with van der Waals surface area (Å²) in [5.41, 5.74) is -13.0. The summed E-state index contributed by atoms with van der Waals surface area (Å²) in [6, 6.07) is 7.71. The lowest BCUT2D eigenvalue weighted by Gasteiger charge is -2.07. The minimum absolute atomic E-state index is 0.549. The zero-order valence-electron chi connectivity index (χ0n) is 29.4. The lowest BCUT2D eigenvalue weighted by Crippen LogP contribution is -1.94. The van der Waals surface area contributed by atoms with E-state index in [1.54, 1.807) is 48.6 Å². The SMILES string of the molecule is [2H]c1c(C#N)c([2H])c([N+]#[C-])c(/C(C#N)=C2\C(=C(/C#N)c3c(C#N)c([2H])c([N+]#[C-])c([2H])c3C#N)\C2=C(/[N+]#[C-])c2c(C#N)c([2H])c(C#N)c([2H])c2[N+]#[C-])c1C#N. The third-order valence-electron chi connectivity index (χ3n) is 6.45. The van der Waals surface area contributed by atoms with Gasteiger partial charge < -0.3 is 0 Å². The lowest BCUT2D eigenvalue weighted by atomic mass is 9.93. The second-order valence-electron chi connectivity index (χ2n) is 8.74. The molecular weight excluding hydrogens is 600 g/mol. The van der Waals surface area contributed by atoms with E-state index in [1.807, 2.05) is 0 Å². The van der Waals surface area contributed by atoms with Crippen molar-refractivity contribution in [2.75, 3.05) is 0 Å². The van der Waals surface area contributed by atoms with Gasteiger partial charge in [0.1, 0.15) is 6.07 Å². The maximum absolute atomic E-state index is 10.6. The summed E-state index contributed by atoms with van der Waals surface area (Å²) >= 11 is 0. The first-order valence-electron chi connectivity index (χ1n) is 15.3. The molecule has 0 amide bonds. The fourth-order valence-corrected chi connectivity index (χ4v) is 4.58. The van der Waals surface area contributed by atoms with E-state index in [4.69, 9.17) is 34.5 Å². The summed E-state index contributed by atoms with van der Waals surface area (Å²) < 4.78 is 50.6. The summed E-state index contributed by atoms with van der Waals surface area (Å²) in [5.74, 6) is 0. The molecule has 0 N–H and O–H groups in total. The highest BCUT2D eigenvalue weighted by Gasteiger charge is 2.43. The Morgan fingerprint density at radius 1 is 0.500 bits per heavy atom. The molecule has 0 unspecified atom stereocenters. The topological polar surface area (TPSA) is 208 Å². The molecule has 1 aliphatic rings. The van der Waals surface area contributed by atoms with E-state index in [0.29, 0.717) is 0 Å². The first-order valence-corrected chi connectivity index (χ1v) is 12.3. The minimum Gasteiger partial charge on any atom is -0.239 e. The Hall–Kier alpha value is -9.24. The van der Waals surface area contributed by atoms with Gasteiger partial charge in [-0.25, -0.2) is 19.4 Å². The molecule has 0 aromatic heterocycles. The molecule has 12 heteroatoms. The van der Waals surface area contributed by atoms with E-state index >= 15 is 0 Å². The van der Waals surface area contributed by atoms with Gasteiger partial charge in [0.15, 0.2) is 22.8 Å². The van der Waals surface area contributed by atoms with E-state index in [0.717, 1.165) is 0 Å². The number of benzene rings is 3. The molecule has 48 heavy (non-hydrogen) atoms. The van der Waals surface area contributed by atoms with Crippen LogP contribution in [0.5, 0.6) is 0 Å². The van der Waals surface area contributed by atoms with Crippen molar-refractivity contribution in [2.24, 2.45) is 0 Å². The van der Waals surface area contributed by atoms with Gasteiger partial charge in [-0.15, -0.1) is 0 Å². The molecule has 0 radical (unpaired) electrons. The third-order valence-corrected chi connectivity index (χ3v) is 6.45. The van der Waals surface area contributed by atoms with E-state index in [1.165, 1.54) is 0 Å². The van der Waals surface area contributed by atoms with Crippen LogP contribution in [0, 0.1) is 117 Å². The number of nitrogens with zero attached hydrogens (tertiary/aromatic N) is 12. The number of nitriles is 8. The molecular formula is C36H6N12. The lowest BCUT2D eigenvalue weighted by molar-refractivity contribution is 1.42. The highest BCUT2D eigenvalue weighted by atomic mass is 14.7. The van der Waals surface area contributed by atoms with Gasteiger partial charge in [0.2, 0.25) is 0 Å². The fourth-order valence-electron chi connectivity index (χ4n) is 4.58. The highest BCUT2D eigenvalue weighted by Crippen LogP contribution is 2.58. The van der Waals surface area contributed by atoms with Crippen molar-refractivity contribution >= 4 is 33.9 Å². The van der Waals surface area contributed by atoms with Crippen molar-refractivity contribution in [3.8, 4) is 48.6 Å². The van der Waals surface area contributed by atoms with Crippen LogP contribution < -0.4 is 0 Å². The van der Waals surface area contributed by atoms with Crippen molar-refractivity contribution in [1.29, 1.82) is 42.1 Å². The van der Waals surface area contributed by atoms with Gasteiger partial charge in [0.25, 0.3) is 0 Å². The number of rotatable bonds is 3. The van der Waals surface area contributed by atoms with Crippen LogP contribution >= 0.6 is 0 Å². The zero-order chi connectivity index (χ0) is 40.3. The molecule has 0 saturated heterocycles. The number of hydrogen-bond donors (Lipinski definition) is 0. The Labute approximate surface area is 281 Å². The van der Waals surface area contributed by atoms with E-state index in [-0.39, 0.29) is 0 Å². The molecule has 210 valence electrons. The highest BCUT2D eigenvalue weighted by molar-refractivity contribution is 6.14. The van der Waals surface area contributed by atoms with E-state index < -0.39 is 137 Å². The van der Waals surface area contributed by atoms with Crippen LogP contribution in [0.15, 0.2) is 53.0 Å². The largest absolute Gasteiger partial charge is 0.239 e. The molecule has 0 bridgehead atoms. The summed E-state index contributed by atoms with van der Waals surface area (Å²) in [6.45, 7) is 31.1. The van der Waals surface area contributed by atoms with Crippen LogP contribution in [0.1, 0.15) is 58.3 Å². The third kappa shape index (κ3) is 5.02. The second-order valence-corrected chi connectivity index (χ2v) is 8.74. The van der Waals surface area contributed by atoms with Gasteiger partial charge in [-0.2, -0.15) is 42.1 Å². The second kappa shape index (κ2) is 13.0. The van der Waals surface area contributed by atoms with Crippen LogP contribution in [-0.2, 0) is 0 Å². The molecule has 1 saturated carbocycles. The van der Waals surface area contributed by atoms with Crippen molar-refractivity contribution in [3.63, 3.8) is 0 Å². The Morgan fingerprint density at radius 3 is 1.29 bits per heavy atom. The van der Waals surface area contributed by atoms with Gasteiger partial charge in [-0.05, 0) is 53.0 Å². The summed E-state index contributed by atoms with van der Waals surface area (Å²) in [6.07, 6.45) is 0. The molecule has 1 fully saturated rings. The average Bonchev–Trinajstić information content (AvgIpc) is 3.87. The molecule has 0 aliphatic heterocycles. The first-order chi connectivity index (χ1) is 25.8. The standard InChI is InChI=1S/C36H6N12/c1-45-25-9-23(15-41)30(24(10-25)16-42)26(17-43)33-34(27(18-44)31-21(13-39)5-19(11-37)7-28(31)46-2)35(33)36(48-4)32-22(14-40)6-20(12-38)8-29(32)47-3/h5-10H/b33-26-,34-27+,36-35+/i5D,6D,7D,8D,9D,10D. The normalized spacial score (nSPS) is 15.2. The molecule has 0 atom stereocenters.